The van der Waals surface area contributed by atoms with Crippen molar-refractivity contribution >= 4 is 23.4 Å². The van der Waals surface area contributed by atoms with Crippen molar-refractivity contribution in [1.29, 1.82) is 0 Å². The van der Waals surface area contributed by atoms with Crippen molar-refractivity contribution in [2.45, 2.75) is 20.3 Å². The molecule has 0 N–H and O–H groups in total. The Morgan fingerprint density at radius 1 is 0.967 bits per heavy atom. The summed E-state index contributed by atoms with van der Waals surface area (Å²) in [6.07, 6.45) is 2.84. The maximum Gasteiger partial charge on any atom is 0.324 e. The van der Waals surface area contributed by atoms with Gasteiger partial charge in [0.05, 0.1) is 0 Å². The van der Waals surface area contributed by atoms with Crippen molar-refractivity contribution in [2.24, 2.45) is 0 Å². The molecule has 0 atom stereocenters. The Kier molecular flexibility index (Phi) is 5.61. The highest BCUT2D eigenvalue weighted by atomic mass is 16.2. The summed E-state index contributed by atoms with van der Waals surface area (Å²) >= 11 is 0. The van der Waals surface area contributed by atoms with E-state index in [1.807, 2.05) is 49.3 Å². The highest BCUT2D eigenvalue weighted by molar-refractivity contribution is 5.96. The minimum absolute atomic E-state index is 0.0106. The number of pyridine rings is 1. The van der Waals surface area contributed by atoms with Crippen LogP contribution < -0.4 is 9.80 Å². The second kappa shape index (κ2) is 8.34. The van der Waals surface area contributed by atoms with Gasteiger partial charge in [0.1, 0.15) is 5.82 Å². The summed E-state index contributed by atoms with van der Waals surface area (Å²) in [4.78, 5) is 37.5. The fourth-order valence-electron chi connectivity index (χ4n) is 4.23. The Morgan fingerprint density at radius 3 is 2.33 bits per heavy atom. The molecule has 0 aliphatic carbocycles. The first-order valence-electron chi connectivity index (χ1n) is 10.5. The Labute approximate surface area is 177 Å². The summed E-state index contributed by atoms with van der Waals surface area (Å²) < 4.78 is 0. The molecule has 30 heavy (non-hydrogen) atoms. The molecule has 0 saturated carbocycles. The smallest absolute Gasteiger partial charge is 0.324 e. The zero-order chi connectivity index (χ0) is 21.3. The topological polar surface area (TPSA) is 60.0 Å². The Bertz CT molecular complexity index is 935. The molecule has 2 aliphatic heterocycles. The number of hydrogen-bond donors (Lipinski definition) is 0. The molecule has 2 aromatic rings. The lowest BCUT2D eigenvalue weighted by molar-refractivity contribution is 0.0746. The number of carbonyl (C=O) groups is 2. The molecule has 7 nitrogen and oxygen atoms in total. The number of piperazine rings is 1. The van der Waals surface area contributed by atoms with Gasteiger partial charge in [0.25, 0.3) is 5.91 Å². The molecule has 0 spiro atoms. The van der Waals surface area contributed by atoms with Gasteiger partial charge >= 0.3 is 6.03 Å². The monoisotopic (exact) mass is 407 g/mol. The van der Waals surface area contributed by atoms with Crippen LogP contribution >= 0.6 is 0 Å². The molecular weight excluding hydrogens is 378 g/mol. The van der Waals surface area contributed by atoms with E-state index in [0.29, 0.717) is 25.2 Å². The van der Waals surface area contributed by atoms with Crippen molar-refractivity contribution < 1.29 is 9.59 Å². The third-order valence-electron chi connectivity index (χ3n) is 5.91. The number of anilines is 2. The average molecular weight is 408 g/mol. The van der Waals surface area contributed by atoms with Crippen LogP contribution in [0, 0.1) is 13.8 Å². The first kappa shape index (κ1) is 20.2. The molecule has 1 aromatic carbocycles. The van der Waals surface area contributed by atoms with E-state index >= 15 is 0 Å². The maximum atomic E-state index is 13.0. The van der Waals surface area contributed by atoms with Crippen LogP contribution in [0.4, 0.5) is 16.3 Å². The van der Waals surface area contributed by atoms with Crippen molar-refractivity contribution in [1.82, 2.24) is 14.8 Å². The fourth-order valence-corrected chi connectivity index (χ4v) is 4.23. The molecule has 7 heteroatoms. The first-order chi connectivity index (χ1) is 14.4. The molecule has 158 valence electrons. The third kappa shape index (κ3) is 3.97. The van der Waals surface area contributed by atoms with Crippen LogP contribution in [0.3, 0.4) is 0 Å². The molecule has 2 saturated heterocycles. The van der Waals surface area contributed by atoms with Crippen LogP contribution in [0.2, 0.25) is 0 Å². The van der Waals surface area contributed by atoms with Gasteiger partial charge in [-0.25, -0.2) is 9.78 Å². The predicted molar refractivity (Wildman–Crippen MR) is 118 cm³/mol. The van der Waals surface area contributed by atoms with E-state index in [-0.39, 0.29) is 11.9 Å². The lowest BCUT2D eigenvalue weighted by Gasteiger charge is -2.36. The largest absolute Gasteiger partial charge is 0.353 e. The standard InChI is InChI=1S/C23H29N5O2/c1-17-15-18(2)21(24-16-17)26-11-13-27(14-12-26)22(29)19-5-7-20(8-6-19)28-10-4-9-25(3)23(28)30/h5-8,15-16H,4,9-14H2,1-3H3. The number of rotatable bonds is 3. The van der Waals surface area contributed by atoms with Crippen LogP contribution in [0.25, 0.3) is 0 Å². The van der Waals surface area contributed by atoms with E-state index in [4.69, 9.17) is 0 Å². The number of aromatic nitrogens is 1. The van der Waals surface area contributed by atoms with Crippen molar-refractivity contribution in [3.8, 4) is 0 Å². The van der Waals surface area contributed by atoms with E-state index < -0.39 is 0 Å². The third-order valence-corrected chi connectivity index (χ3v) is 5.91. The van der Waals surface area contributed by atoms with Gasteiger partial charge in [-0.3, -0.25) is 9.69 Å². The summed E-state index contributed by atoms with van der Waals surface area (Å²) in [5.74, 6) is 1.05. The number of amides is 3. The van der Waals surface area contributed by atoms with Gasteiger partial charge in [-0.15, -0.1) is 0 Å². The molecule has 1 aromatic heterocycles. The van der Waals surface area contributed by atoms with Gasteiger partial charge in [0, 0.05) is 63.8 Å². The zero-order valence-electron chi connectivity index (χ0n) is 18.0. The first-order valence-corrected chi connectivity index (χ1v) is 10.5. The molecule has 3 amide bonds. The predicted octanol–water partition coefficient (Wildman–Crippen LogP) is 2.92. The second-order valence-electron chi connectivity index (χ2n) is 8.19. The van der Waals surface area contributed by atoms with Crippen molar-refractivity contribution in [3.05, 3.63) is 53.2 Å². The number of hydrogen-bond acceptors (Lipinski definition) is 4. The average Bonchev–Trinajstić information content (AvgIpc) is 2.76. The molecule has 0 bridgehead atoms. The number of carbonyl (C=O) groups excluding carboxylic acids is 2. The van der Waals surface area contributed by atoms with Gasteiger partial charge in [0.15, 0.2) is 0 Å². The van der Waals surface area contributed by atoms with E-state index in [2.05, 4.69) is 22.9 Å². The van der Waals surface area contributed by atoms with Gasteiger partial charge in [-0.1, -0.05) is 6.07 Å². The van der Waals surface area contributed by atoms with E-state index in [0.717, 1.165) is 43.1 Å². The summed E-state index contributed by atoms with van der Waals surface area (Å²) in [6, 6.07) is 9.57. The van der Waals surface area contributed by atoms with Gasteiger partial charge in [-0.05, 0) is 55.7 Å². The molecule has 2 fully saturated rings. The van der Waals surface area contributed by atoms with Crippen molar-refractivity contribution in [3.63, 3.8) is 0 Å². The Balaban J connectivity index is 1.39. The van der Waals surface area contributed by atoms with Crippen LogP contribution in [0.15, 0.2) is 36.5 Å². The minimum Gasteiger partial charge on any atom is -0.353 e. The van der Waals surface area contributed by atoms with Gasteiger partial charge < -0.3 is 14.7 Å². The fraction of sp³-hybridized carbons (Fsp3) is 0.435. The van der Waals surface area contributed by atoms with Gasteiger partial charge in [-0.2, -0.15) is 0 Å². The SMILES string of the molecule is Cc1cnc(N2CCN(C(=O)c3ccc(N4CCCN(C)C4=O)cc3)CC2)c(C)c1. The maximum absolute atomic E-state index is 13.0. The molecule has 0 radical (unpaired) electrons. The van der Waals surface area contributed by atoms with Crippen LogP contribution in [-0.2, 0) is 0 Å². The molecular formula is C23H29N5O2. The molecule has 3 heterocycles. The number of urea groups is 1. The van der Waals surface area contributed by atoms with E-state index in [1.165, 1.54) is 5.56 Å². The number of nitrogens with zero attached hydrogens (tertiary/aromatic N) is 5. The number of aryl methyl sites for hydroxylation is 2. The quantitative estimate of drug-likeness (QED) is 0.785. The van der Waals surface area contributed by atoms with Crippen molar-refractivity contribution in [2.75, 3.05) is 56.1 Å². The van der Waals surface area contributed by atoms with E-state index in [1.54, 1.807) is 9.80 Å². The Hall–Kier alpha value is -3.09. The van der Waals surface area contributed by atoms with E-state index in [9.17, 15) is 9.59 Å². The summed E-state index contributed by atoms with van der Waals surface area (Å²) in [5, 5.41) is 0. The number of benzene rings is 1. The second-order valence-corrected chi connectivity index (χ2v) is 8.19. The molecule has 0 unspecified atom stereocenters. The zero-order valence-corrected chi connectivity index (χ0v) is 18.0. The molecule has 2 aliphatic rings. The lowest BCUT2D eigenvalue weighted by Crippen LogP contribution is -2.49. The molecule has 4 rings (SSSR count). The summed E-state index contributed by atoms with van der Waals surface area (Å²) in [7, 11) is 1.82. The highest BCUT2D eigenvalue weighted by Crippen LogP contribution is 2.22. The van der Waals surface area contributed by atoms with Crippen LogP contribution in [-0.4, -0.2) is 73.0 Å². The lowest BCUT2D eigenvalue weighted by atomic mass is 10.1. The van der Waals surface area contributed by atoms with Gasteiger partial charge in [0.2, 0.25) is 0 Å². The summed E-state index contributed by atoms with van der Waals surface area (Å²) in [6.45, 7) is 8.52. The highest BCUT2D eigenvalue weighted by Gasteiger charge is 2.26. The summed E-state index contributed by atoms with van der Waals surface area (Å²) in [5.41, 5.74) is 3.83. The van der Waals surface area contributed by atoms with Crippen LogP contribution in [0.1, 0.15) is 27.9 Å². The minimum atomic E-state index is 0.0106. The normalized spacial score (nSPS) is 17.5. The Morgan fingerprint density at radius 2 is 1.67 bits per heavy atom. The van der Waals surface area contributed by atoms with Crippen LogP contribution in [0.5, 0.6) is 0 Å².